The minimum absolute atomic E-state index is 0. The molecule has 0 atom stereocenters. The van der Waals surface area contributed by atoms with Crippen LogP contribution in [-0.2, 0) is 16.5 Å². The van der Waals surface area contributed by atoms with Crippen molar-refractivity contribution in [2.75, 3.05) is 0 Å². The number of hydrogen-bond acceptors (Lipinski definition) is 6. The van der Waals surface area contributed by atoms with Crippen molar-refractivity contribution in [2.45, 2.75) is 0 Å². The van der Waals surface area contributed by atoms with Gasteiger partial charge in [-0.3, -0.25) is 9.97 Å². The number of nitrogens with zero attached hydrogens (tertiary/aromatic N) is 2. The van der Waals surface area contributed by atoms with Gasteiger partial charge in [0, 0.05) is 23.5 Å². The van der Waals surface area contributed by atoms with E-state index in [2.05, 4.69) is 9.97 Å². The molecular formula is C12H6N2NiO4. The summed E-state index contributed by atoms with van der Waals surface area (Å²) in [6, 6.07) is 5.08. The van der Waals surface area contributed by atoms with Crippen LogP contribution >= 0.6 is 0 Å². The summed E-state index contributed by atoms with van der Waals surface area (Å²) >= 11 is 0. The van der Waals surface area contributed by atoms with Crippen LogP contribution in [-0.4, -0.2) is 21.9 Å². The number of carboxylic acids is 2. The zero-order valence-electron chi connectivity index (χ0n) is 9.31. The van der Waals surface area contributed by atoms with Gasteiger partial charge in [0.05, 0.1) is 23.3 Å². The molecule has 0 saturated heterocycles. The Bertz CT molecular complexity index is 575. The number of rotatable bonds is 3. The van der Waals surface area contributed by atoms with E-state index < -0.39 is 11.9 Å². The first-order chi connectivity index (χ1) is 8.58. The summed E-state index contributed by atoms with van der Waals surface area (Å²) < 4.78 is 0. The fourth-order valence-electron chi connectivity index (χ4n) is 1.40. The molecule has 98 valence electrons. The molecule has 0 N–H and O–H groups in total. The van der Waals surface area contributed by atoms with Crippen molar-refractivity contribution in [3.8, 4) is 11.4 Å². The van der Waals surface area contributed by atoms with E-state index in [9.17, 15) is 19.8 Å². The minimum Gasteiger partial charge on any atom is -0.545 e. The van der Waals surface area contributed by atoms with Gasteiger partial charge in [0.1, 0.15) is 0 Å². The van der Waals surface area contributed by atoms with Gasteiger partial charge in [-0.25, -0.2) is 0 Å². The Morgan fingerprint density at radius 1 is 0.842 bits per heavy atom. The molecule has 0 unspecified atom stereocenters. The van der Waals surface area contributed by atoms with Crippen molar-refractivity contribution in [3.05, 3.63) is 47.8 Å². The second-order valence-corrected chi connectivity index (χ2v) is 3.43. The Hall–Kier alpha value is -2.27. The third-order valence-corrected chi connectivity index (χ3v) is 2.25. The van der Waals surface area contributed by atoms with Gasteiger partial charge in [-0.15, -0.1) is 0 Å². The second-order valence-electron chi connectivity index (χ2n) is 3.43. The summed E-state index contributed by atoms with van der Waals surface area (Å²) in [6.45, 7) is 0. The molecule has 6 nitrogen and oxygen atoms in total. The van der Waals surface area contributed by atoms with Crippen LogP contribution in [0.5, 0.6) is 0 Å². The first kappa shape index (κ1) is 14.8. The molecule has 0 radical (unpaired) electrons. The Morgan fingerprint density at radius 2 is 1.21 bits per heavy atom. The number of hydrogen-bond donors (Lipinski definition) is 0. The van der Waals surface area contributed by atoms with Gasteiger partial charge >= 0.3 is 16.5 Å². The summed E-state index contributed by atoms with van der Waals surface area (Å²) in [5, 5.41) is 21.4. The molecule has 0 saturated carbocycles. The van der Waals surface area contributed by atoms with Crippen molar-refractivity contribution >= 4 is 11.9 Å². The molecular weight excluding hydrogens is 295 g/mol. The normalized spacial score (nSPS) is 9.47. The third-order valence-electron chi connectivity index (χ3n) is 2.25. The van der Waals surface area contributed by atoms with E-state index in [1.54, 1.807) is 0 Å². The van der Waals surface area contributed by atoms with E-state index in [1.165, 1.54) is 36.7 Å². The first-order valence-corrected chi connectivity index (χ1v) is 4.93. The molecule has 19 heavy (non-hydrogen) atoms. The first-order valence-electron chi connectivity index (χ1n) is 4.93. The average molecular weight is 301 g/mol. The molecule has 2 heterocycles. The van der Waals surface area contributed by atoms with Crippen molar-refractivity contribution in [2.24, 2.45) is 0 Å². The second kappa shape index (κ2) is 6.06. The maximum Gasteiger partial charge on any atom is 2.00 e. The smallest absolute Gasteiger partial charge is 0.545 e. The predicted octanol–water partition coefficient (Wildman–Crippen LogP) is -1.13. The summed E-state index contributed by atoms with van der Waals surface area (Å²) in [5.41, 5.74) is 0.390. The molecule has 0 fully saturated rings. The van der Waals surface area contributed by atoms with Crippen molar-refractivity contribution in [3.63, 3.8) is 0 Å². The van der Waals surface area contributed by atoms with Crippen LogP contribution in [0, 0.1) is 0 Å². The average Bonchev–Trinajstić information content (AvgIpc) is 2.39. The third kappa shape index (κ3) is 3.36. The molecule has 2 rings (SSSR count). The number of aromatic carboxylic acids is 2. The van der Waals surface area contributed by atoms with E-state index in [0.29, 0.717) is 0 Å². The summed E-state index contributed by atoms with van der Waals surface area (Å²) in [5.74, 6) is -2.68. The monoisotopic (exact) mass is 300 g/mol. The van der Waals surface area contributed by atoms with Crippen molar-refractivity contribution < 1.29 is 36.3 Å². The molecule has 0 bridgehead atoms. The maximum atomic E-state index is 10.7. The topological polar surface area (TPSA) is 106 Å². The standard InChI is InChI=1S/C12H8N2O4.Ni/c15-11(16)7-1-3-13-9(5-7)10-6-8(12(17)18)2-4-14-10;/h1-6H,(H,15,16)(H,17,18);/q;+2/p-2. The minimum atomic E-state index is -1.34. The zero-order valence-corrected chi connectivity index (χ0v) is 10.3. The van der Waals surface area contributed by atoms with E-state index in [4.69, 9.17) is 0 Å². The van der Waals surface area contributed by atoms with Crippen LogP contribution in [0.15, 0.2) is 36.7 Å². The Labute approximate surface area is 118 Å². The fourth-order valence-corrected chi connectivity index (χ4v) is 1.40. The van der Waals surface area contributed by atoms with Gasteiger partial charge in [0.25, 0.3) is 0 Å². The SMILES string of the molecule is O=C([O-])c1ccnc(-c2cc(C(=O)[O-])ccn2)c1.[Ni+2]. The van der Waals surface area contributed by atoms with Crippen LogP contribution in [0.4, 0.5) is 0 Å². The molecule has 0 spiro atoms. The van der Waals surface area contributed by atoms with Crippen LogP contribution < -0.4 is 10.2 Å². The molecule has 0 aromatic carbocycles. The summed E-state index contributed by atoms with van der Waals surface area (Å²) in [4.78, 5) is 29.2. The van der Waals surface area contributed by atoms with Gasteiger partial charge in [-0.05, 0) is 24.3 Å². The quantitative estimate of drug-likeness (QED) is 0.664. The largest absolute Gasteiger partial charge is 2.00 e. The van der Waals surface area contributed by atoms with Gasteiger partial charge in [0.2, 0.25) is 0 Å². The predicted molar refractivity (Wildman–Crippen MR) is 56.1 cm³/mol. The van der Waals surface area contributed by atoms with Gasteiger partial charge in [-0.2, -0.15) is 0 Å². The number of carbonyl (C=O) groups is 2. The van der Waals surface area contributed by atoms with E-state index in [1.807, 2.05) is 0 Å². The molecule has 2 aromatic heterocycles. The van der Waals surface area contributed by atoms with E-state index in [0.717, 1.165) is 0 Å². The molecule has 7 heteroatoms. The molecule has 0 aliphatic rings. The number of carbonyl (C=O) groups excluding carboxylic acids is 2. The van der Waals surface area contributed by atoms with Gasteiger partial charge in [-0.1, -0.05) is 0 Å². The Kier molecular flexibility index (Phi) is 4.72. The molecule has 0 aliphatic carbocycles. The zero-order chi connectivity index (χ0) is 13.1. The van der Waals surface area contributed by atoms with Gasteiger partial charge < -0.3 is 19.8 Å². The fraction of sp³-hybridized carbons (Fsp3) is 0. The van der Waals surface area contributed by atoms with E-state index in [-0.39, 0.29) is 39.0 Å². The summed E-state index contributed by atoms with van der Waals surface area (Å²) in [6.07, 6.45) is 2.57. The summed E-state index contributed by atoms with van der Waals surface area (Å²) in [7, 11) is 0. The Morgan fingerprint density at radius 3 is 1.53 bits per heavy atom. The van der Waals surface area contributed by atoms with E-state index >= 15 is 0 Å². The van der Waals surface area contributed by atoms with Crippen LogP contribution in [0.1, 0.15) is 20.7 Å². The maximum absolute atomic E-state index is 10.7. The number of aromatic nitrogens is 2. The van der Waals surface area contributed by atoms with Crippen LogP contribution in [0.25, 0.3) is 11.4 Å². The van der Waals surface area contributed by atoms with Crippen molar-refractivity contribution in [1.82, 2.24) is 9.97 Å². The van der Waals surface area contributed by atoms with Crippen LogP contribution in [0.2, 0.25) is 0 Å². The Balaban J connectivity index is 0.00000180. The van der Waals surface area contributed by atoms with Crippen molar-refractivity contribution in [1.29, 1.82) is 0 Å². The molecule has 0 amide bonds. The number of pyridine rings is 2. The number of carboxylic acid groups (broad SMARTS) is 2. The van der Waals surface area contributed by atoms with Gasteiger partial charge in [0.15, 0.2) is 0 Å². The van der Waals surface area contributed by atoms with Crippen LogP contribution in [0.3, 0.4) is 0 Å². The molecule has 2 aromatic rings. The molecule has 0 aliphatic heterocycles.